The van der Waals surface area contributed by atoms with Crippen molar-refractivity contribution in [1.82, 2.24) is 0 Å². The van der Waals surface area contributed by atoms with Gasteiger partial charge in [0.05, 0.1) is 0 Å². The Hall–Kier alpha value is -1.87. The maximum absolute atomic E-state index is 14.1. The summed E-state index contributed by atoms with van der Waals surface area (Å²) >= 11 is 0. The van der Waals surface area contributed by atoms with Crippen LogP contribution in [0.4, 0.5) is 4.39 Å². The van der Waals surface area contributed by atoms with E-state index in [0.29, 0.717) is 12.0 Å². The third kappa shape index (κ3) is 2.54. The normalized spacial score (nSPS) is 24.5. The lowest BCUT2D eigenvalue weighted by molar-refractivity contribution is 0.0158. The molecule has 1 aliphatic carbocycles. The van der Waals surface area contributed by atoms with Gasteiger partial charge in [0.25, 0.3) is 0 Å². The summed E-state index contributed by atoms with van der Waals surface area (Å²) in [5.41, 5.74) is 2.58. The Labute approximate surface area is 124 Å². The van der Waals surface area contributed by atoms with Crippen molar-refractivity contribution in [3.8, 4) is 5.75 Å². The van der Waals surface area contributed by atoms with Crippen LogP contribution in [0.15, 0.2) is 42.5 Å². The summed E-state index contributed by atoms with van der Waals surface area (Å²) in [6.07, 6.45) is -0.477. The van der Waals surface area contributed by atoms with Crippen LogP contribution in [0.25, 0.3) is 0 Å². The average molecular weight is 286 g/mol. The molecule has 3 unspecified atom stereocenters. The van der Waals surface area contributed by atoms with Gasteiger partial charge in [0.15, 0.2) is 11.6 Å². The zero-order valence-corrected chi connectivity index (χ0v) is 12.2. The number of rotatable bonds is 2. The van der Waals surface area contributed by atoms with Crippen molar-refractivity contribution in [2.75, 3.05) is 0 Å². The third-order valence-corrected chi connectivity index (χ3v) is 4.22. The van der Waals surface area contributed by atoms with E-state index >= 15 is 0 Å². The number of benzene rings is 2. The molecule has 0 aliphatic heterocycles. The van der Waals surface area contributed by atoms with Crippen molar-refractivity contribution in [2.45, 2.75) is 38.4 Å². The second-order valence-corrected chi connectivity index (χ2v) is 5.75. The minimum absolute atomic E-state index is 0.214. The van der Waals surface area contributed by atoms with Gasteiger partial charge in [0, 0.05) is 0 Å². The predicted molar refractivity (Wildman–Crippen MR) is 80.0 cm³/mol. The highest BCUT2D eigenvalue weighted by Crippen LogP contribution is 2.39. The van der Waals surface area contributed by atoms with Crippen molar-refractivity contribution in [3.63, 3.8) is 0 Å². The van der Waals surface area contributed by atoms with Crippen LogP contribution in [-0.4, -0.2) is 11.2 Å². The quantitative estimate of drug-likeness (QED) is 0.899. The second kappa shape index (κ2) is 5.49. The van der Waals surface area contributed by atoms with Gasteiger partial charge in [0.2, 0.25) is 0 Å². The molecule has 3 heteroatoms. The number of hydrogen-bond acceptors (Lipinski definition) is 2. The number of aliphatic hydroxyl groups is 1. The fourth-order valence-electron chi connectivity index (χ4n) is 3.02. The van der Waals surface area contributed by atoms with Crippen molar-refractivity contribution in [3.05, 3.63) is 65.0 Å². The molecule has 110 valence electrons. The van der Waals surface area contributed by atoms with Crippen LogP contribution >= 0.6 is 0 Å². The maximum atomic E-state index is 14.1. The largest absolute Gasteiger partial charge is 0.484 e. The average Bonchev–Trinajstić information content (AvgIpc) is 2.49. The first-order chi connectivity index (χ1) is 10.1. The Kier molecular flexibility index (Phi) is 3.68. The maximum Gasteiger partial charge on any atom is 0.167 e. The second-order valence-electron chi connectivity index (χ2n) is 5.75. The van der Waals surface area contributed by atoms with E-state index < -0.39 is 12.2 Å². The molecule has 1 aliphatic rings. The first-order valence-electron chi connectivity index (χ1n) is 7.26. The van der Waals surface area contributed by atoms with Crippen LogP contribution < -0.4 is 4.74 Å². The van der Waals surface area contributed by atoms with Crippen molar-refractivity contribution < 1.29 is 14.2 Å². The molecule has 0 heterocycles. The first-order valence-corrected chi connectivity index (χ1v) is 7.26. The fraction of sp³-hybridized carbons (Fsp3) is 0.333. The number of halogens is 1. The fourth-order valence-corrected chi connectivity index (χ4v) is 3.02. The zero-order chi connectivity index (χ0) is 15.0. The molecule has 0 saturated heterocycles. The van der Waals surface area contributed by atoms with E-state index in [2.05, 4.69) is 6.92 Å². The van der Waals surface area contributed by atoms with Crippen LogP contribution in [0.1, 0.15) is 42.1 Å². The van der Waals surface area contributed by atoms with Gasteiger partial charge < -0.3 is 9.84 Å². The Morgan fingerprint density at radius 1 is 1.10 bits per heavy atom. The summed E-state index contributed by atoms with van der Waals surface area (Å²) in [6.45, 7) is 3.81. The lowest BCUT2D eigenvalue weighted by Crippen LogP contribution is -2.32. The molecule has 0 bridgehead atoms. The molecule has 21 heavy (non-hydrogen) atoms. The first kappa shape index (κ1) is 14.1. The molecule has 0 fully saturated rings. The number of hydrogen-bond donors (Lipinski definition) is 1. The van der Waals surface area contributed by atoms with Crippen LogP contribution in [0.2, 0.25) is 0 Å². The number of fused-ring (bicyclic) bond motifs is 1. The van der Waals surface area contributed by atoms with E-state index in [4.69, 9.17) is 4.74 Å². The Balaban J connectivity index is 1.89. The lowest BCUT2D eigenvalue weighted by atomic mass is 9.80. The van der Waals surface area contributed by atoms with Gasteiger partial charge in [-0.05, 0) is 42.0 Å². The summed E-state index contributed by atoms with van der Waals surface area (Å²) in [7, 11) is 0. The van der Waals surface area contributed by atoms with E-state index in [9.17, 15) is 9.50 Å². The Bertz CT molecular complexity index is 653. The van der Waals surface area contributed by atoms with E-state index in [0.717, 1.165) is 11.1 Å². The van der Waals surface area contributed by atoms with Crippen molar-refractivity contribution >= 4 is 0 Å². The highest BCUT2D eigenvalue weighted by Gasteiger charge is 2.33. The minimum Gasteiger partial charge on any atom is -0.484 e. The number of aryl methyl sites for hydroxylation is 1. The summed E-state index contributed by atoms with van der Waals surface area (Å²) in [6, 6.07) is 12.9. The molecule has 1 N–H and O–H groups in total. The molecular formula is C18H19FO2. The zero-order valence-electron chi connectivity index (χ0n) is 12.2. The summed E-state index contributed by atoms with van der Waals surface area (Å²) < 4.78 is 19.9. The van der Waals surface area contributed by atoms with Gasteiger partial charge in [-0.1, -0.05) is 43.3 Å². The molecule has 3 rings (SSSR count). The molecule has 3 atom stereocenters. The smallest absolute Gasteiger partial charge is 0.167 e. The van der Waals surface area contributed by atoms with Gasteiger partial charge in [-0.25, -0.2) is 4.39 Å². The topological polar surface area (TPSA) is 29.5 Å². The van der Waals surface area contributed by atoms with Gasteiger partial charge in [-0.15, -0.1) is 0 Å². The molecular weight excluding hydrogens is 267 g/mol. The molecule has 0 saturated carbocycles. The number of aliphatic hydroxyl groups excluding tert-OH is 1. The van der Waals surface area contributed by atoms with Crippen LogP contribution in [0, 0.1) is 12.7 Å². The monoisotopic (exact) mass is 286 g/mol. The van der Waals surface area contributed by atoms with Crippen LogP contribution in [-0.2, 0) is 0 Å². The Morgan fingerprint density at radius 3 is 2.57 bits per heavy atom. The van der Waals surface area contributed by atoms with Gasteiger partial charge in [-0.3, -0.25) is 0 Å². The van der Waals surface area contributed by atoms with Crippen molar-refractivity contribution in [1.29, 1.82) is 0 Å². The highest BCUT2D eigenvalue weighted by atomic mass is 19.1. The molecule has 0 amide bonds. The Morgan fingerprint density at radius 2 is 1.81 bits per heavy atom. The van der Waals surface area contributed by atoms with Gasteiger partial charge >= 0.3 is 0 Å². The van der Waals surface area contributed by atoms with E-state index in [1.54, 1.807) is 25.1 Å². The highest BCUT2D eigenvalue weighted by molar-refractivity contribution is 5.36. The lowest BCUT2D eigenvalue weighted by Gasteiger charge is -2.34. The van der Waals surface area contributed by atoms with Gasteiger partial charge in [-0.2, -0.15) is 0 Å². The van der Waals surface area contributed by atoms with E-state index in [-0.39, 0.29) is 17.5 Å². The molecule has 0 spiro atoms. The van der Waals surface area contributed by atoms with Crippen molar-refractivity contribution in [2.24, 2.45) is 0 Å². The minimum atomic E-state index is -0.725. The molecule has 0 radical (unpaired) electrons. The third-order valence-electron chi connectivity index (χ3n) is 4.22. The molecule has 0 aromatic heterocycles. The molecule has 2 aromatic rings. The molecule has 2 aromatic carbocycles. The summed E-state index contributed by atoms with van der Waals surface area (Å²) in [5.74, 6) is 0.143. The van der Waals surface area contributed by atoms with Crippen LogP contribution in [0.5, 0.6) is 5.75 Å². The standard InChI is InChI=1S/C18H19FO2/c1-11-6-5-9-15(17(11)19)21-16-10-12(2)13-7-3-4-8-14(13)18(16)20/h3-9,12,16,18,20H,10H2,1-2H3. The summed E-state index contributed by atoms with van der Waals surface area (Å²) in [5, 5.41) is 10.5. The number of ether oxygens (including phenoxy) is 1. The van der Waals surface area contributed by atoms with E-state index in [1.807, 2.05) is 24.3 Å². The van der Waals surface area contributed by atoms with Gasteiger partial charge in [0.1, 0.15) is 12.2 Å². The summed E-state index contributed by atoms with van der Waals surface area (Å²) in [4.78, 5) is 0. The SMILES string of the molecule is Cc1cccc(OC2CC(C)c3ccccc3C2O)c1F. The predicted octanol–water partition coefficient (Wildman–Crippen LogP) is 4.12. The molecule has 2 nitrogen and oxygen atoms in total. The van der Waals surface area contributed by atoms with Crippen LogP contribution in [0.3, 0.4) is 0 Å². The van der Waals surface area contributed by atoms with E-state index in [1.165, 1.54) is 0 Å².